The van der Waals surface area contributed by atoms with E-state index in [1.54, 1.807) is 7.11 Å². The number of halogens is 1. The van der Waals surface area contributed by atoms with E-state index in [9.17, 15) is 0 Å². The van der Waals surface area contributed by atoms with Crippen LogP contribution in [0.3, 0.4) is 0 Å². The van der Waals surface area contributed by atoms with Gasteiger partial charge in [0.25, 0.3) is 0 Å². The highest BCUT2D eigenvalue weighted by atomic mass is 127. The molecule has 0 amide bonds. The van der Waals surface area contributed by atoms with Gasteiger partial charge in [-0.3, -0.25) is 4.99 Å². The fraction of sp³-hybridized carbons (Fsp3) is 0.588. The molecule has 1 aromatic rings. The smallest absolute Gasteiger partial charge is 0.191 e. The van der Waals surface area contributed by atoms with Crippen molar-refractivity contribution < 1.29 is 4.74 Å². The lowest BCUT2D eigenvalue weighted by molar-refractivity contribution is 0.197. The van der Waals surface area contributed by atoms with Crippen LogP contribution < -0.4 is 10.6 Å². The van der Waals surface area contributed by atoms with E-state index in [4.69, 9.17) is 4.74 Å². The predicted octanol–water partition coefficient (Wildman–Crippen LogP) is 3.22. The van der Waals surface area contributed by atoms with Crippen molar-refractivity contribution in [2.45, 2.75) is 39.2 Å². The third kappa shape index (κ3) is 10.00. The molecule has 0 aliphatic carbocycles. The van der Waals surface area contributed by atoms with Gasteiger partial charge < -0.3 is 15.4 Å². The Bertz CT molecular complexity index is 398. The maximum absolute atomic E-state index is 5.04. The number of hydrogen-bond acceptors (Lipinski definition) is 2. The molecule has 0 spiro atoms. The van der Waals surface area contributed by atoms with Gasteiger partial charge in [0.15, 0.2) is 5.96 Å². The van der Waals surface area contributed by atoms with E-state index in [2.05, 4.69) is 59.8 Å². The summed E-state index contributed by atoms with van der Waals surface area (Å²) in [5, 5.41) is 6.75. The van der Waals surface area contributed by atoms with Crippen molar-refractivity contribution in [2.75, 3.05) is 26.8 Å². The van der Waals surface area contributed by atoms with E-state index < -0.39 is 0 Å². The minimum Gasteiger partial charge on any atom is -0.385 e. The van der Waals surface area contributed by atoms with Crippen LogP contribution in [-0.2, 0) is 11.2 Å². The Morgan fingerprint density at radius 3 is 2.64 bits per heavy atom. The highest BCUT2D eigenvalue weighted by molar-refractivity contribution is 14.0. The average molecular weight is 419 g/mol. The summed E-state index contributed by atoms with van der Waals surface area (Å²) in [6, 6.07) is 11.0. The first-order valence-electron chi connectivity index (χ1n) is 7.84. The number of hydrogen-bond donors (Lipinski definition) is 2. The Kier molecular flexibility index (Phi) is 13.3. The standard InChI is InChI=1S/C17H29N3O.HI/c1-4-18-17(19-13-8-14-21-3)20-15(2)11-12-16-9-6-5-7-10-16;/h5-7,9-10,15H,4,8,11-14H2,1-3H3,(H2,18,19,20);1H. The van der Waals surface area contributed by atoms with Crippen LogP contribution in [0.4, 0.5) is 0 Å². The van der Waals surface area contributed by atoms with Crippen LogP contribution >= 0.6 is 24.0 Å². The Labute approximate surface area is 152 Å². The lowest BCUT2D eigenvalue weighted by Gasteiger charge is -2.17. The van der Waals surface area contributed by atoms with Crippen LogP contribution in [0.5, 0.6) is 0 Å². The van der Waals surface area contributed by atoms with Crippen LogP contribution in [0, 0.1) is 0 Å². The third-order valence-electron chi connectivity index (χ3n) is 3.21. The second kappa shape index (κ2) is 13.8. The molecule has 0 radical (unpaired) electrons. The first-order valence-corrected chi connectivity index (χ1v) is 7.84. The molecule has 4 nitrogen and oxygen atoms in total. The summed E-state index contributed by atoms with van der Waals surface area (Å²) >= 11 is 0. The SMILES string of the molecule is CCNC(=NCCCOC)NC(C)CCc1ccccc1.I. The van der Waals surface area contributed by atoms with Gasteiger partial charge in [0.05, 0.1) is 0 Å². The van der Waals surface area contributed by atoms with Crippen LogP contribution in [0.15, 0.2) is 35.3 Å². The summed E-state index contributed by atoms with van der Waals surface area (Å²) in [5.41, 5.74) is 1.38. The van der Waals surface area contributed by atoms with Crippen molar-refractivity contribution in [1.29, 1.82) is 0 Å². The van der Waals surface area contributed by atoms with E-state index in [1.807, 2.05) is 0 Å². The second-order valence-corrected chi connectivity index (χ2v) is 5.18. The first-order chi connectivity index (χ1) is 10.3. The van der Waals surface area contributed by atoms with Gasteiger partial charge in [-0.15, -0.1) is 24.0 Å². The number of methoxy groups -OCH3 is 1. The number of aliphatic imine (C=N–C) groups is 1. The van der Waals surface area contributed by atoms with Gasteiger partial charge in [0, 0.05) is 32.8 Å². The Hall–Kier alpha value is -0.820. The lowest BCUT2D eigenvalue weighted by atomic mass is 10.1. The molecule has 2 N–H and O–H groups in total. The Morgan fingerprint density at radius 1 is 1.27 bits per heavy atom. The zero-order valence-corrected chi connectivity index (χ0v) is 16.3. The summed E-state index contributed by atoms with van der Waals surface area (Å²) in [6.07, 6.45) is 3.12. The topological polar surface area (TPSA) is 45.7 Å². The van der Waals surface area contributed by atoms with Gasteiger partial charge in [0.1, 0.15) is 0 Å². The van der Waals surface area contributed by atoms with Gasteiger partial charge in [-0.05, 0) is 38.7 Å². The van der Waals surface area contributed by atoms with E-state index in [0.717, 1.165) is 44.9 Å². The van der Waals surface area contributed by atoms with Crippen LogP contribution in [0.1, 0.15) is 32.3 Å². The number of rotatable bonds is 9. The fourth-order valence-corrected chi connectivity index (χ4v) is 2.05. The molecule has 0 heterocycles. The van der Waals surface area contributed by atoms with Crippen LogP contribution in [-0.4, -0.2) is 38.8 Å². The number of ether oxygens (including phenoxy) is 1. The third-order valence-corrected chi connectivity index (χ3v) is 3.21. The van der Waals surface area contributed by atoms with Crippen molar-refractivity contribution in [3.05, 3.63) is 35.9 Å². The molecule has 0 saturated carbocycles. The van der Waals surface area contributed by atoms with Crippen molar-refractivity contribution in [3.63, 3.8) is 0 Å². The van der Waals surface area contributed by atoms with Crippen molar-refractivity contribution in [1.82, 2.24) is 10.6 Å². The Morgan fingerprint density at radius 2 is 2.00 bits per heavy atom. The lowest BCUT2D eigenvalue weighted by Crippen LogP contribution is -2.42. The monoisotopic (exact) mass is 419 g/mol. The van der Waals surface area contributed by atoms with Gasteiger partial charge >= 0.3 is 0 Å². The van der Waals surface area contributed by atoms with E-state index in [0.29, 0.717) is 6.04 Å². The van der Waals surface area contributed by atoms with E-state index >= 15 is 0 Å². The summed E-state index contributed by atoms with van der Waals surface area (Å²) in [6.45, 7) is 6.70. The molecular weight excluding hydrogens is 389 g/mol. The largest absolute Gasteiger partial charge is 0.385 e. The molecule has 0 aromatic heterocycles. The molecular formula is C17H30IN3O. The maximum atomic E-state index is 5.04. The molecule has 5 heteroatoms. The van der Waals surface area contributed by atoms with Gasteiger partial charge in [-0.2, -0.15) is 0 Å². The van der Waals surface area contributed by atoms with Gasteiger partial charge in [-0.25, -0.2) is 0 Å². The first kappa shape index (κ1) is 21.2. The van der Waals surface area contributed by atoms with Gasteiger partial charge in [-0.1, -0.05) is 30.3 Å². The predicted molar refractivity (Wildman–Crippen MR) is 105 cm³/mol. The molecule has 0 bridgehead atoms. The Balaban J connectivity index is 0.00000441. The number of aryl methyl sites for hydroxylation is 1. The molecule has 126 valence electrons. The fourth-order valence-electron chi connectivity index (χ4n) is 2.05. The summed E-state index contributed by atoms with van der Waals surface area (Å²) in [5.74, 6) is 0.897. The zero-order valence-electron chi connectivity index (χ0n) is 14.0. The quantitative estimate of drug-likeness (QED) is 0.280. The summed E-state index contributed by atoms with van der Waals surface area (Å²) < 4.78 is 5.04. The second-order valence-electron chi connectivity index (χ2n) is 5.18. The minimum absolute atomic E-state index is 0. The minimum atomic E-state index is 0. The number of guanidine groups is 1. The number of benzene rings is 1. The molecule has 0 fully saturated rings. The average Bonchev–Trinajstić information content (AvgIpc) is 2.51. The maximum Gasteiger partial charge on any atom is 0.191 e. The summed E-state index contributed by atoms with van der Waals surface area (Å²) in [7, 11) is 1.72. The number of nitrogens with zero attached hydrogens (tertiary/aromatic N) is 1. The molecule has 0 aliphatic rings. The van der Waals surface area contributed by atoms with Crippen LogP contribution in [0.25, 0.3) is 0 Å². The molecule has 0 aliphatic heterocycles. The summed E-state index contributed by atoms with van der Waals surface area (Å²) in [4.78, 5) is 4.56. The van der Waals surface area contributed by atoms with Crippen LogP contribution in [0.2, 0.25) is 0 Å². The highest BCUT2D eigenvalue weighted by Gasteiger charge is 2.05. The van der Waals surface area contributed by atoms with Crippen molar-refractivity contribution in [3.8, 4) is 0 Å². The van der Waals surface area contributed by atoms with E-state index in [-0.39, 0.29) is 24.0 Å². The van der Waals surface area contributed by atoms with Gasteiger partial charge in [0.2, 0.25) is 0 Å². The molecule has 0 saturated heterocycles. The zero-order chi connectivity index (χ0) is 15.3. The molecule has 1 atom stereocenters. The molecule has 1 aromatic carbocycles. The normalized spacial score (nSPS) is 12.4. The van der Waals surface area contributed by atoms with E-state index in [1.165, 1.54) is 5.56 Å². The molecule has 22 heavy (non-hydrogen) atoms. The van der Waals surface area contributed by atoms with Crippen molar-refractivity contribution >= 4 is 29.9 Å². The van der Waals surface area contributed by atoms with Crippen molar-refractivity contribution in [2.24, 2.45) is 4.99 Å². The molecule has 1 unspecified atom stereocenters. The molecule has 1 rings (SSSR count). The number of nitrogens with one attached hydrogen (secondary N) is 2. The highest BCUT2D eigenvalue weighted by Crippen LogP contribution is 2.04.